The molecular formula is C11H10O2S2Se. The van der Waals surface area contributed by atoms with Crippen LogP contribution < -0.4 is 0 Å². The molecule has 5 heteroatoms. The van der Waals surface area contributed by atoms with Gasteiger partial charge in [0.15, 0.2) is 0 Å². The van der Waals surface area contributed by atoms with Crippen LogP contribution in [0.4, 0.5) is 0 Å². The van der Waals surface area contributed by atoms with Gasteiger partial charge in [0.25, 0.3) is 0 Å². The molecular weight excluding hydrogens is 307 g/mol. The van der Waals surface area contributed by atoms with Crippen molar-refractivity contribution < 1.29 is 9.59 Å². The van der Waals surface area contributed by atoms with E-state index in [0.29, 0.717) is 0 Å². The minimum atomic E-state index is -0.0535. The molecule has 0 N–H and O–H groups in total. The van der Waals surface area contributed by atoms with Crippen LogP contribution in [-0.4, -0.2) is 24.7 Å². The summed E-state index contributed by atoms with van der Waals surface area (Å²) >= 11 is 2.46. The summed E-state index contributed by atoms with van der Waals surface area (Å²) in [6.45, 7) is 8.81. The van der Waals surface area contributed by atoms with Crippen LogP contribution in [0, 0.1) is 6.92 Å². The van der Waals surface area contributed by atoms with Crippen LogP contribution in [-0.2, 0) is 9.59 Å². The van der Waals surface area contributed by atoms with Gasteiger partial charge in [-0.3, -0.25) is 0 Å². The van der Waals surface area contributed by atoms with Crippen molar-refractivity contribution in [2.24, 2.45) is 0 Å². The Morgan fingerprint density at radius 3 is 2.38 bits per heavy atom. The Morgan fingerprint density at radius 2 is 1.81 bits per heavy atom. The van der Waals surface area contributed by atoms with Gasteiger partial charge in [-0.15, -0.1) is 0 Å². The van der Waals surface area contributed by atoms with Gasteiger partial charge in [-0.05, 0) is 0 Å². The van der Waals surface area contributed by atoms with E-state index in [9.17, 15) is 9.59 Å². The van der Waals surface area contributed by atoms with Gasteiger partial charge in [-0.1, -0.05) is 0 Å². The van der Waals surface area contributed by atoms with Crippen LogP contribution in [0.5, 0.6) is 0 Å². The second-order valence-corrected chi connectivity index (χ2v) is 8.22. The maximum atomic E-state index is 11.2. The number of aryl methyl sites for hydroxylation is 1. The van der Waals surface area contributed by atoms with E-state index in [1.54, 1.807) is 0 Å². The van der Waals surface area contributed by atoms with Crippen molar-refractivity contribution in [3.05, 3.63) is 36.9 Å². The summed E-state index contributed by atoms with van der Waals surface area (Å²) in [4.78, 5) is 22.4. The van der Waals surface area contributed by atoms with E-state index in [1.807, 2.05) is 13.0 Å². The Balaban J connectivity index is 2.81. The molecule has 2 nitrogen and oxygen atoms in total. The summed E-state index contributed by atoms with van der Waals surface area (Å²) in [6.07, 6.45) is 2.61. The van der Waals surface area contributed by atoms with Crippen molar-refractivity contribution in [1.29, 1.82) is 0 Å². The molecule has 0 aliphatic carbocycles. The van der Waals surface area contributed by atoms with Crippen LogP contribution >= 0.6 is 23.5 Å². The first-order chi connectivity index (χ1) is 7.56. The molecule has 0 fully saturated rings. The van der Waals surface area contributed by atoms with Gasteiger partial charge in [0.2, 0.25) is 0 Å². The topological polar surface area (TPSA) is 34.1 Å². The summed E-state index contributed by atoms with van der Waals surface area (Å²) < 4.78 is 2.08. The van der Waals surface area contributed by atoms with Crippen LogP contribution in [0.25, 0.3) is 0 Å². The van der Waals surface area contributed by atoms with E-state index in [4.69, 9.17) is 0 Å². The average Bonchev–Trinajstić information content (AvgIpc) is 2.58. The molecule has 0 amide bonds. The number of hydrogen-bond donors (Lipinski definition) is 0. The van der Waals surface area contributed by atoms with Crippen LogP contribution in [0.3, 0.4) is 0 Å². The molecule has 1 aromatic heterocycles. The zero-order valence-electron chi connectivity index (χ0n) is 8.69. The van der Waals surface area contributed by atoms with Crippen LogP contribution in [0.15, 0.2) is 38.9 Å². The molecule has 0 aliphatic rings. The first-order valence-corrected chi connectivity index (χ1v) is 7.70. The maximum absolute atomic E-state index is 11.2. The third-order valence-electron chi connectivity index (χ3n) is 1.58. The summed E-state index contributed by atoms with van der Waals surface area (Å²) in [5.74, 6) is 0. The molecule has 0 atom stereocenters. The van der Waals surface area contributed by atoms with E-state index in [2.05, 4.69) is 13.2 Å². The molecule has 1 aromatic rings. The van der Waals surface area contributed by atoms with E-state index in [-0.39, 0.29) is 24.7 Å². The first kappa shape index (κ1) is 13.6. The number of thioether (sulfide) groups is 2. The SMILES string of the molecule is C=CC(=O)Sc1cc(C)c(SC(=O)C=C)[se]1. The predicted octanol–water partition coefficient (Wildman–Crippen LogP) is 2.66. The average molecular weight is 317 g/mol. The Hall–Kier alpha value is -0.481. The Morgan fingerprint density at radius 1 is 1.25 bits per heavy atom. The zero-order chi connectivity index (χ0) is 12.1. The molecule has 84 valence electrons. The number of hydrogen-bond acceptors (Lipinski definition) is 4. The summed E-state index contributed by atoms with van der Waals surface area (Å²) in [5, 5.41) is -0.104. The monoisotopic (exact) mass is 318 g/mol. The molecule has 0 radical (unpaired) electrons. The fourth-order valence-electron chi connectivity index (χ4n) is 0.862. The van der Waals surface area contributed by atoms with Gasteiger partial charge >= 0.3 is 109 Å². The molecule has 0 unspecified atom stereocenters. The van der Waals surface area contributed by atoms with E-state index >= 15 is 0 Å². The molecule has 1 heterocycles. The molecule has 0 bridgehead atoms. The van der Waals surface area contributed by atoms with E-state index in [1.165, 1.54) is 35.7 Å². The molecule has 0 spiro atoms. The zero-order valence-corrected chi connectivity index (χ0v) is 12.0. The molecule has 0 aliphatic heterocycles. The van der Waals surface area contributed by atoms with Crippen molar-refractivity contribution in [2.75, 3.05) is 0 Å². The van der Waals surface area contributed by atoms with Crippen molar-refractivity contribution in [3.63, 3.8) is 0 Å². The normalized spacial score (nSPS) is 9.81. The number of rotatable bonds is 4. The van der Waals surface area contributed by atoms with Gasteiger partial charge in [0.1, 0.15) is 0 Å². The summed E-state index contributed by atoms with van der Waals surface area (Å²) in [5.41, 5.74) is 1.07. The Labute approximate surface area is 109 Å². The number of carbonyl (C=O) groups excluding carboxylic acids is 2. The van der Waals surface area contributed by atoms with Gasteiger partial charge < -0.3 is 0 Å². The van der Waals surface area contributed by atoms with Crippen molar-refractivity contribution >= 4 is 48.3 Å². The number of carbonyl (C=O) groups is 2. The minimum absolute atomic E-state index is 0.0501. The predicted molar refractivity (Wildman–Crippen MR) is 70.2 cm³/mol. The third-order valence-corrected chi connectivity index (χ3v) is 6.79. The molecule has 1 rings (SSSR count). The summed E-state index contributed by atoms with van der Waals surface area (Å²) in [7, 11) is 0. The fraction of sp³-hybridized carbons (Fsp3) is 0.0909. The quantitative estimate of drug-likeness (QED) is 0.486. The molecule has 0 saturated heterocycles. The standard InChI is InChI=1S/C11H10O2S2Se/c1-4-8(12)14-10-6-7(3)11(16-10)15-9(13)5-2/h4-6H,1-2H2,3H3. The van der Waals surface area contributed by atoms with Gasteiger partial charge in [0, 0.05) is 0 Å². The van der Waals surface area contributed by atoms with E-state index in [0.717, 1.165) is 13.1 Å². The van der Waals surface area contributed by atoms with Crippen molar-refractivity contribution in [3.8, 4) is 0 Å². The van der Waals surface area contributed by atoms with Gasteiger partial charge in [-0.2, -0.15) is 0 Å². The second kappa shape index (κ2) is 6.30. The van der Waals surface area contributed by atoms with E-state index < -0.39 is 0 Å². The molecule has 0 aromatic carbocycles. The third kappa shape index (κ3) is 3.83. The molecule has 0 saturated carbocycles. The Bertz CT molecular complexity index is 449. The summed E-state index contributed by atoms with van der Waals surface area (Å²) in [6, 6.07) is 1.96. The van der Waals surface area contributed by atoms with Crippen molar-refractivity contribution in [1.82, 2.24) is 0 Å². The molecule has 16 heavy (non-hydrogen) atoms. The van der Waals surface area contributed by atoms with Gasteiger partial charge in [-0.25, -0.2) is 0 Å². The van der Waals surface area contributed by atoms with Crippen LogP contribution in [0.2, 0.25) is 0 Å². The fourth-order valence-corrected chi connectivity index (χ4v) is 6.02. The Kier molecular flexibility index (Phi) is 5.35. The second-order valence-electron chi connectivity index (χ2n) is 2.79. The van der Waals surface area contributed by atoms with Crippen LogP contribution in [0.1, 0.15) is 5.56 Å². The first-order valence-electron chi connectivity index (χ1n) is 4.35. The van der Waals surface area contributed by atoms with Crippen molar-refractivity contribution in [2.45, 2.75) is 14.5 Å². The van der Waals surface area contributed by atoms with Gasteiger partial charge in [0.05, 0.1) is 0 Å².